The number of benzene rings is 1. The summed E-state index contributed by atoms with van der Waals surface area (Å²) < 4.78 is 0. The van der Waals surface area contributed by atoms with Gasteiger partial charge in [-0.15, -0.1) is 0 Å². The van der Waals surface area contributed by atoms with Crippen LogP contribution >= 0.6 is 0 Å². The lowest BCUT2D eigenvalue weighted by atomic mass is 9.99. The van der Waals surface area contributed by atoms with Gasteiger partial charge in [-0.25, -0.2) is 0 Å². The van der Waals surface area contributed by atoms with E-state index in [2.05, 4.69) is 30.4 Å². The van der Waals surface area contributed by atoms with Gasteiger partial charge >= 0.3 is 0 Å². The molecule has 0 aliphatic heterocycles. The van der Waals surface area contributed by atoms with Gasteiger partial charge in [0.05, 0.1) is 6.61 Å². The highest BCUT2D eigenvalue weighted by Crippen LogP contribution is 2.21. The second kappa shape index (κ2) is 10.8. The van der Waals surface area contributed by atoms with Crippen molar-refractivity contribution in [3.63, 3.8) is 0 Å². The molecule has 1 heteroatoms. The fourth-order valence-electron chi connectivity index (χ4n) is 1.63. The number of hydrogen-bond acceptors (Lipinski definition) is 1. The zero-order valence-electron chi connectivity index (χ0n) is 12.1. The predicted molar refractivity (Wildman–Crippen MR) is 81.4 cm³/mol. The Bertz CT molecular complexity index is 358. The first-order chi connectivity index (χ1) is 8.90. The van der Waals surface area contributed by atoms with Crippen molar-refractivity contribution < 1.29 is 5.11 Å². The van der Waals surface area contributed by atoms with E-state index in [-0.39, 0.29) is 6.61 Å². The number of aliphatic hydroxyl groups is 1. The Balaban J connectivity index is 0.000000659. The Morgan fingerprint density at radius 2 is 1.56 bits per heavy atom. The predicted octanol–water partition coefficient (Wildman–Crippen LogP) is 4.96. The van der Waals surface area contributed by atoms with E-state index in [1.165, 1.54) is 11.1 Å². The van der Waals surface area contributed by atoms with E-state index in [9.17, 15) is 0 Å². The molecule has 18 heavy (non-hydrogen) atoms. The molecule has 100 valence electrons. The van der Waals surface area contributed by atoms with E-state index in [1.54, 1.807) is 0 Å². The molecule has 0 bridgehead atoms. The van der Waals surface area contributed by atoms with Gasteiger partial charge in [-0.05, 0) is 29.5 Å². The number of aliphatic hydroxyl groups excluding tert-OH is 1. The first-order valence-electron chi connectivity index (χ1n) is 6.97. The van der Waals surface area contributed by atoms with Gasteiger partial charge in [0.2, 0.25) is 0 Å². The van der Waals surface area contributed by atoms with Gasteiger partial charge in [-0.2, -0.15) is 0 Å². The van der Waals surface area contributed by atoms with Crippen molar-refractivity contribution in [2.24, 2.45) is 0 Å². The SMILES string of the molecule is CC.CC.OCc1ccc(C2=CCCC=C2)cc1. The van der Waals surface area contributed by atoms with Gasteiger partial charge in [-0.3, -0.25) is 0 Å². The van der Waals surface area contributed by atoms with Crippen LogP contribution in [-0.2, 0) is 6.61 Å². The lowest BCUT2D eigenvalue weighted by Crippen LogP contribution is -1.87. The molecule has 0 radical (unpaired) electrons. The van der Waals surface area contributed by atoms with Crippen molar-refractivity contribution in [2.45, 2.75) is 47.1 Å². The van der Waals surface area contributed by atoms with Gasteiger partial charge in [0.15, 0.2) is 0 Å². The number of rotatable bonds is 2. The largest absolute Gasteiger partial charge is 0.392 e. The Morgan fingerprint density at radius 3 is 2.00 bits per heavy atom. The molecule has 1 nitrogen and oxygen atoms in total. The smallest absolute Gasteiger partial charge is 0.0681 e. The Kier molecular flexibility index (Phi) is 9.99. The molecule has 0 aromatic heterocycles. The lowest BCUT2D eigenvalue weighted by molar-refractivity contribution is 0.282. The summed E-state index contributed by atoms with van der Waals surface area (Å²) in [4.78, 5) is 0. The van der Waals surface area contributed by atoms with Gasteiger partial charge < -0.3 is 5.11 Å². The molecule has 0 spiro atoms. The van der Waals surface area contributed by atoms with Crippen LogP contribution in [0.2, 0.25) is 0 Å². The highest BCUT2D eigenvalue weighted by atomic mass is 16.3. The second-order valence-electron chi connectivity index (χ2n) is 3.49. The fraction of sp³-hybridized carbons (Fsp3) is 0.412. The summed E-state index contributed by atoms with van der Waals surface area (Å²) in [5, 5.41) is 8.91. The Morgan fingerprint density at radius 1 is 0.944 bits per heavy atom. The van der Waals surface area contributed by atoms with Crippen LogP contribution in [0.25, 0.3) is 5.57 Å². The van der Waals surface area contributed by atoms with Crippen LogP contribution in [0.4, 0.5) is 0 Å². The zero-order chi connectivity index (χ0) is 13.8. The Hall–Kier alpha value is -1.34. The normalized spacial score (nSPS) is 12.6. The molecule has 1 aliphatic rings. The highest BCUT2D eigenvalue weighted by molar-refractivity contribution is 5.74. The minimum atomic E-state index is 0.120. The molecule has 0 atom stereocenters. The average molecular weight is 246 g/mol. The van der Waals surface area contributed by atoms with Crippen LogP contribution in [0, 0.1) is 0 Å². The lowest BCUT2D eigenvalue weighted by Gasteiger charge is -2.07. The fourth-order valence-corrected chi connectivity index (χ4v) is 1.63. The maximum atomic E-state index is 8.91. The molecule has 0 fully saturated rings. The average Bonchev–Trinajstić information content (AvgIpc) is 2.52. The highest BCUT2D eigenvalue weighted by Gasteiger charge is 2.00. The van der Waals surface area contributed by atoms with Crippen LogP contribution in [-0.4, -0.2) is 5.11 Å². The molecule has 1 aliphatic carbocycles. The zero-order valence-corrected chi connectivity index (χ0v) is 12.1. The van der Waals surface area contributed by atoms with Crippen LogP contribution in [0.15, 0.2) is 42.5 Å². The molecule has 0 saturated heterocycles. The minimum Gasteiger partial charge on any atom is -0.392 e. The van der Waals surface area contributed by atoms with Crippen LogP contribution < -0.4 is 0 Å². The van der Waals surface area contributed by atoms with Gasteiger partial charge in [0.1, 0.15) is 0 Å². The van der Waals surface area contributed by atoms with Crippen molar-refractivity contribution in [1.82, 2.24) is 0 Å². The molecule has 1 N–H and O–H groups in total. The van der Waals surface area contributed by atoms with Crippen molar-refractivity contribution >= 4 is 5.57 Å². The maximum Gasteiger partial charge on any atom is 0.0681 e. The van der Waals surface area contributed by atoms with E-state index >= 15 is 0 Å². The van der Waals surface area contributed by atoms with Crippen LogP contribution in [0.1, 0.15) is 51.7 Å². The van der Waals surface area contributed by atoms with Gasteiger partial charge in [-0.1, -0.05) is 70.2 Å². The van der Waals surface area contributed by atoms with Crippen molar-refractivity contribution in [3.8, 4) is 0 Å². The number of hydrogen-bond donors (Lipinski definition) is 1. The second-order valence-corrected chi connectivity index (χ2v) is 3.49. The van der Waals surface area contributed by atoms with Crippen LogP contribution in [0.5, 0.6) is 0 Å². The van der Waals surface area contributed by atoms with Gasteiger partial charge in [0, 0.05) is 0 Å². The molecular weight excluding hydrogens is 220 g/mol. The third-order valence-electron chi connectivity index (χ3n) is 2.46. The third kappa shape index (κ3) is 5.33. The summed E-state index contributed by atoms with van der Waals surface area (Å²) in [6.45, 7) is 8.12. The maximum absolute atomic E-state index is 8.91. The van der Waals surface area contributed by atoms with Crippen LogP contribution in [0.3, 0.4) is 0 Å². The number of allylic oxidation sites excluding steroid dienone is 4. The summed E-state index contributed by atoms with van der Waals surface area (Å²) in [6.07, 6.45) is 8.91. The monoisotopic (exact) mass is 246 g/mol. The molecule has 0 heterocycles. The summed E-state index contributed by atoms with van der Waals surface area (Å²) in [5.74, 6) is 0. The summed E-state index contributed by atoms with van der Waals surface area (Å²) in [5.41, 5.74) is 3.49. The van der Waals surface area contributed by atoms with Gasteiger partial charge in [0.25, 0.3) is 0 Å². The van der Waals surface area contributed by atoms with Crippen molar-refractivity contribution in [2.75, 3.05) is 0 Å². The molecule has 0 amide bonds. The quantitative estimate of drug-likeness (QED) is 0.781. The first kappa shape index (κ1) is 16.7. The molecular formula is C17H26O. The van der Waals surface area contributed by atoms with E-state index in [1.807, 2.05) is 39.8 Å². The van der Waals surface area contributed by atoms with E-state index < -0.39 is 0 Å². The first-order valence-corrected chi connectivity index (χ1v) is 6.97. The molecule has 0 unspecified atom stereocenters. The van der Waals surface area contributed by atoms with Crippen molar-refractivity contribution in [1.29, 1.82) is 0 Å². The summed E-state index contributed by atoms with van der Waals surface area (Å²) >= 11 is 0. The summed E-state index contributed by atoms with van der Waals surface area (Å²) in [7, 11) is 0. The van der Waals surface area contributed by atoms with E-state index in [4.69, 9.17) is 5.11 Å². The van der Waals surface area contributed by atoms with E-state index in [0.29, 0.717) is 0 Å². The van der Waals surface area contributed by atoms with Crippen molar-refractivity contribution in [3.05, 3.63) is 53.6 Å². The molecule has 1 aromatic rings. The topological polar surface area (TPSA) is 20.2 Å². The molecule has 0 saturated carbocycles. The Labute approximate surface area is 112 Å². The standard InChI is InChI=1S/C13H14O.2C2H6/c14-10-11-6-8-13(9-7-11)12-4-2-1-3-5-12;2*1-2/h2,4-9,14H,1,3,10H2;2*1-2H3. The van der Waals surface area contributed by atoms with E-state index in [0.717, 1.165) is 18.4 Å². The molecule has 2 rings (SSSR count). The summed E-state index contributed by atoms with van der Waals surface area (Å²) in [6, 6.07) is 8.07. The third-order valence-corrected chi connectivity index (χ3v) is 2.46. The molecule has 1 aromatic carbocycles. The minimum absolute atomic E-state index is 0.120.